The van der Waals surface area contributed by atoms with Crippen LogP contribution in [-0.4, -0.2) is 47.3 Å². The van der Waals surface area contributed by atoms with Crippen molar-refractivity contribution in [3.8, 4) is 0 Å². The molecule has 2 aromatic carbocycles. The van der Waals surface area contributed by atoms with Crippen LogP contribution < -0.4 is 10.6 Å². The first kappa shape index (κ1) is 42.3. The number of nitro groups is 2. The summed E-state index contributed by atoms with van der Waals surface area (Å²) in [5.74, 6) is -2.04. The number of benzene rings is 2. The minimum atomic E-state index is -1.06. The highest BCUT2D eigenvalue weighted by atomic mass is 16.6. The van der Waals surface area contributed by atoms with Crippen LogP contribution in [0.2, 0.25) is 0 Å². The number of hydrogen-bond acceptors (Lipinski definition) is 10. The van der Waals surface area contributed by atoms with Crippen LogP contribution >= 0.6 is 0 Å². The summed E-state index contributed by atoms with van der Waals surface area (Å²) in [5.41, 5.74) is 1.93. The molecular weight excluding hydrogens is 640 g/mol. The Balaban J connectivity index is 2.03. The number of rotatable bonds is 26. The van der Waals surface area contributed by atoms with E-state index in [2.05, 4.69) is 24.5 Å². The van der Waals surface area contributed by atoms with Crippen LogP contribution in [0.5, 0.6) is 0 Å². The fourth-order valence-electron chi connectivity index (χ4n) is 5.73. The monoisotopic (exact) mass is 698 g/mol. The van der Waals surface area contributed by atoms with Gasteiger partial charge in [-0.2, -0.15) is 0 Å². The van der Waals surface area contributed by atoms with Crippen molar-refractivity contribution in [3.63, 3.8) is 0 Å². The Morgan fingerprint density at radius 1 is 0.580 bits per heavy atom. The highest BCUT2D eigenvalue weighted by molar-refractivity contribution is 6.29. The second-order valence-corrected chi connectivity index (χ2v) is 13.2. The number of carbonyl (C=O) groups excluding carboxylic acids is 2. The fourth-order valence-corrected chi connectivity index (χ4v) is 5.73. The third-order valence-electron chi connectivity index (χ3n) is 9.04. The Hall–Kier alpha value is -3.90. The van der Waals surface area contributed by atoms with Crippen LogP contribution in [0.1, 0.15) is 141 Å². The Kier molecular flexibility index (Phi) is 20.5. The lowest BCUT2D eigenvalue weighted by Crippen LogP contribution is -2.40. The molecule has 278 valence electrons. The van der Waals surface area contributed by atoms with E-state index in [4.69, 9.17) is 9.47 Å². The minimum Gasteiger partial charge on any atom is -0.438 e. The smallest absolute Gasteiger partial charge is 0.419 e. The molecule has 4 unspecified atom stereocenters. The van der Waals surface area contributed by atoms with Crippen molar-refractivity contribution in [1.82, 2.24) is 10.6 Å². The molecule has 0 saturated carbocycles. The molecule has 0 radical (unpaired) electrons. The number of carbonyl (C=O) groups is 2. The number of non-ortho nitro benzene ring substituents is 2. The van der Waals surface area contributed by atoms with Gasteiger partial charge in [0.1, 0.15) is 0 Å². The molecule has 12 heteroatoms. The zero-order valence-corrected chi connectivity index (χ0v) is 30.4. The van der Waals surface area contributed by atoms with Gasteiger partial charge in [0.25, 0.3) is 11.4 Å². The molecule has 50 heavy (non-hydrogen) atoms. The molecule has 0 fully saturated rings. The van der Waals surface area contributed by atoms with Crippen LogP contribution in [0.3, 0.4) is 0 Å². The normalized spacial score (nSPS) is 13.6. The first-order valence-electron chi connectivity index (χ1n) is 18.4. The summed E-state index contributed by atoms with van der Waals surface area (Å²) < 4.78 is 11.4. The lowest BCUT2D eigenvalue weighted by molar-refractivity contribution is -0.385. The Labute approximate surface area is 297 Å². The summed E-state index contributed by atoms with van der Waals surface area (Å²) in [6, 6.07) is 12.9. The maximum Gasteiger partial charge on any atom is 0.419 e. The Morgan fingerprint density at radius 3 is 1.24 bits per heavy atom. The number of unbranched alkanes of at least 4 members (excludes halogenated alkanes) is 8. The lowest BCUT2D eigenvalue weighted by atomic mass is 9.95. The molecule has 2 N–H and O–H groups in total. The summed E-state index contributed by atoms with van der Waals surface area (Å²) in [5, 5.41) is 28.7. The molecule has 0 aromatic heterocycles. The van der Waals surface area contributed by atoms with E-state index >= 15 is 0 Å². The van der Waals surface area contributed by atoms with Gasteiger partial charge in [0, 0.05) is 24.3 Å². The van der Waals surface area contributed by atoms with Gasteiger partial charge < -0.3 is 9.47 Å². The maximum absolute atomic E-state index is 13.1. The number of hydrogen-bond donors (Lipinski definition) is 2. The zero-order chi connectivity index (χ0) is 36.7. The molecular formula is C38H58N4O8. The van der Waals surface area contributed by atoms with E-state index in [9.17, 15) is 29.8 Å². The van der Waals surface area contributed by atoms with Gasteiger partial charge in [-0.1, -0.05) is 103 Å². The van der Waals surface area contributed by atoms with E-state index < -0.39 is 34.2 Å². The molecule has 0 amide bonds. The summed E-state index contributed by atoms with van der Waals surface area (Å²) in [4.78, 5) is 47.4. The fraction of sp³-hybridized carbons (Fsp3) is 0.632. The number of nitrogens with zero attached hydrogens (tertiary/aromatic N) is 2. The van der Waals surface area contributed by atoms with Gasteiger partial charge >= 0.3 is 11.9 Å². The molecule has 0 aliphatic carbocycles. The molecule has 0 aliphatic rings. The number of nitro benzene ring substituents is 2. The average Bonchev–Trinajstić information content (AvgIpc) is 3.11. The third-order valence-corrected chi connectivity index (χ3v) is 9.04. The van der Waals surface area contributed by atoms with E-state index in [0.29, 0.717) is 38.8 Å². The van der Waals surface area contributed by atoms with Gasteiger partial charge in [0.05, 0.1) is 9.85 Å². The molecule has 2 aromatic rings. The first-order chi connectivity index (χ1) is 24.0. The van der Waals surface area contributed by atoms with E-state index in [-0.39, 0.29) is 23.2 Å². The number of esters is 2. The maximum atomic E-state index is 13.1. The van der Waals surface area contributed by atoms with E-state index in [0.717, 1.165) is 75.3 Å². The van der Waals surface area contributed by atoms with Crippen molar-refractivity contribution >= 4 is 23.3 Å². The van der Waals surface area contributed by atoms with Crippen molar-refractivity contribution in [2.24, 2.45) is 0 Å². The highest BCUT2D eigenvalue weighted by Gasteiger charge is 2.26. The minimum absolute atomic E-state index is 0.0288. The van der Waals surface area contributed by atoms with Crippen LogP contribution in [0.25, 0.3) is 0 Å². The quantitative estimate of drug-likeness (QED) is 0.0242. The third kappa shape index (κ3) is 16.7. The Bertz CT molecular complexity index is 1190. The molecule has 0 spiro atoms. The highest BCUT2D eigenvalue weighted by Crippen LogP contribution is 2.25. The molecule has 12 nitrogen and oxygen atoms in total. The van der Waals surface area contributed by atoms with Crippen molar-refractivity contribution in [2.45, 2.75) is 142 Å². The van der Waals surface area contributed by atoms with Crippen LogP contribution in [0, 0.1) is 20.2 Å². The summed E-state index contributed by atoms with van der Waals surface area (Å²) in [6.45, 7) is 9.60. The summed E-state index contributed by atoms with van der Waals surface area (Å²) >= 11 is 0. The summed E-state index contributed by atoms with van der Waals surface area (Å²) in [6.07, 6.45) is 11.5. The standard InChI is InChI=1S/C38H58N4O8/c1-5-7-9-11-13-27-39-35(25-15-29(3)31-17-21-33(22-18-31)41(45)46)49-37(43)38(44)50-36(40-28-14-12-10-8-6-2)26-16-30(4)32-19-23-34(24-20-32)42(47)48/h17-24,29-30,35-36,39-40H,5-16,25-28H2,1-4H3. The van der Waals surface area contributed by atoms with Crippen LogP contribution in [0.4, 0.5) is 11.4 Å². The van der Waals surface area contributed by atoms with E-state index in [1.54, 1.807) is 24.3 Å². The second kappa shape index (κ2) is 24.3. The molecule has 0 saturated heterocycles. The molecule has 0 heterocycles. The first-order valence-corrected chi connectivity index (χ1v) is 18.4. The summed E-state index contributed by atoms with van der Waals surface area (Å²) in [7, 11) is 0. The van der Waals surface area contributed by atoms with Gasteiger partial charge in [-0.3, -0.25) is 30.9 Å². The van der Waals surface area contributed by atoms with Crippen LogP contribution in [-0.2, 0) is 19.1 Å². The number of ether oxygens (including phenoxy) is 2. The molecule has 2 rings (SSSR count). The van der Waals surface area contributed by atoms with Crippen molar-refractivity contribution in [2.75, 3.05) is 13.1 Å². The SMILES string of the molecule is CCCCCCCNC(CCC(C)c1ccc([N+](=O)[O-])cc1)OC(=O)C(=O)OC(CCC(C)c1ccc([N+](=O)[O-])cc1)NCCCCCCC. The van der Waals surface area contributed by atoms with Crippen molar-refractivity contribution in [1.29, 1.82) is 0 Å². The van der Waals surface area contributed by atoms with Gasteiger partial charge in [0.15, 0.2) is 12.5 Å². The van der Waals surface area contributed by atoms with Gasteiger partial charge in [-0.15, -0.1) is 0 Å². The lowest BCUT2D eigenvalue weighted by Gasteiger charge is -2.23. The Morgan fingerprint density at radius 2 is 0.920 bits per heavy atom. The van der Waals surface area contributed by atoms with Crippen LogP contribution in [0.15, 0.2) is 48.5 Å². The van der Waals surface area contributed by atoms with Crippen molar-refractivity contribution < 1.29 is 28.9 Å². The molecule has 0 bridgehead atoms. The van der Waals surface area contributed by atoms with E-state index in [1.165, 1.54) is 24.3 Å². The number of nitrogens with one attached hydrogen (secondary N) is 2. The molecule has 4 atom stereocenters. The van der Waals surface area contributed by atoms with Gasteiger partial charge in [-0.05, 0) is 74.6 Å². The topological polar surface area (TPSA) is 163 Å². The van der Waals surface area contributed by atoms with Gasteiger partial charge in [0.2, 0.25) is 0 Å². The van der Waals surface area contributed by atoms with E-state index in [1.807, 2.05) is 13.8 Å². The second-order valence-electron chi connectivity index (χ2n) is 13.2. The predicted octanol–water partition coefficient (Wildman–Crippen LogP) is 8.83. The van der Waals surface area contributed by atoms with Gasteiger partial charge in [-0.25, -0.2) is 9.59 Å². The zero-order valence-electron chi connectivity index (χ0n) is 30.4. The van der Waals surface area contributed by atoms with Crippen molar-refractivity contribution in [3.05, 3.63) is 79.9 Å². The average molecular weight is 699 g/mol. The predicted molar refractivity (Wildman–Crippen MR) is 195 cm³/mol. The molecule has 0 aliphatic heterocycles. The largest absolute Gasteiger partial charge is 0.438 e.